The van der Waals surface area contributed by atoms with Gasteiger partial charge in [0.05, 0.1) is 0 Å². The molecule has 0 aliphatic carbocycles. The molecule has 0 amide bonds. The lowest BCUT2D eigenvalue weighted by Gasteiger charge is -2.06. The molecule has 0 heterocycles. The molecule has 0 spiro atoms. The summed E-state index contributed by atoms with van der Waals surface area (Å²) in [5.41, 5.74) is 5.70. The average molecular weight is 317 g/mol. The first-order chi connectivity index (χ1) is 10.2. The minimum absolute atomic E-state index is 0.195. The third kappa shape index (κ3) is 4.44. The second kappa shape index (κ2) is 6.34. The fourth-order valence-corrected chi connectivity index (χ4v) is 2.53. The Hall–Kier alpha value is -2.11. The minimum Gasteiger partial charge on any atom is -0.371 e. The van der Waals surface area contributed by atoms with Gasteiger partial charge in [0.1, 0.15) is 5.75 Å². The van der Waals surface area contributed by atoms with Crippen molar-refractivity contribution in [3.05, 3.63) is 64.2 Å². The summed E-state index contributed by atoms with van der Waals surface area (Å²) in [5, 5.41) is 4.86. The van der Waals surface area contributed by atoms with Crippen LogP contribution in [-0.2, 0) is 10.3 Å². The van der Waals surface area contributed by atoms with E-state index < -0.39 is 10.3 Å². The lowest BCUT2D eigenvalue weighted by Crippen LogP contribution is -2.18. The van der Waals surface area contributed by atoms with Gasteiger partial charge in [-0.15, -0.1) is 0 Å². The van der Waals surface area contributed by atoms with E-state index in [1.807, 2.05) is 18.2 Å². The fourth-order valence-electron chi connectivity index (χ4n) is 2.16. The first kappa shape index (κ1) is 16.3. The van der Waals surface area contributed by atoms with Crippen LogP contribution in [0.2, 0.25) is 0 Å². The molecule has 0 aromatic heterocycles. The van der Waals surface area contributed by atoms with Gasteiger partial charge >= 0.3 is 10.3 Å². The van der Waals surface area contributed by atoms with Crippen molar-refractivity contribution < 1.29 is 12.6 Å². The monoisotopic (exact) mass is 317 g/mol. The van der Waals surface area contributed by atoms with Crippen LogP contribution in [0.4, 0.5) is 0 Å². The summed E-state index contributed by atoms with van der Waals surface area (Å²) in [5.74, 6) is 0.195. The Balaban J connectivity index is 2.25. The van der Waals surface area contributed by atoms with Crippen LogP contribution in [0.15, 0.2) is 36.4 Å². The van der Waals surface area contributed by atoms with E-state index in [1.54, 1.807) is 18.2 Å². The van der Waals surface area contributed by atoms with E-state index in [0.29, 0.717) is 0 Å². The van der Waals surface area contributed by atoms with Crippen molar-refractivity contribution in [3.8, 4) is 5.75 Å². The Morgan fingerprint density at radius 3 is 2.14 bits per heavy atom. The van der Waals surface area contributed by atoms with E-state index in [4.69, 9.17) is 5.14 Å². The van der Waals surface area contributed by atoms with Crippen LogP contribution in [-0.4, -0.2) is 8.42 Å². The zero-order chi connectivity index (χ0) is 16.3. The van der Waals surface area contributed by atoms with Gasteiger partial charge in [0, 0.05) is 0 Å². The summed E-state index contributed by atoms with van der Waals surface area (Å²) >= 11 is 0. The maximum Gasteiger partial charge on any atom is 0.380 e. The molecule has 0 fully saturated rings. The maximum absolute atomic E-state index is 10.9. The molecule has 22 heavy (non-hydrogen) atoms. The zero-order valence-electron chi connectivity index (χ0n) is 12.8. The molecule has 116 valence electrons. The topological polar surface area (TPSA) is 69.4 Å². The van der Waals surface area contributed by atoms with Gasteiger partial charge in [0.25, 0.3) is 0 Å². The number of hydrogen-bond acceptors (Lipinski definition) is 3. The smallest absolute Gasteiger partial charge is 0.371 e. The van der Waals surface area contributed by atoms with Crippen molar-refractivity contribution in [1.29, 1.82) is 0 Å². The molecule has 2 aromatic carbocycles. The van der Waals surface area contributed by atoms with E-state index in [0.717, 1.165) is 11.1 Å². The molecule has 5 heteroatoms. The summed E-state index contributed by atoms with van der Waals surface area (Å²) in [6.07, 6.45) is 3.88. The molecular formula is C17H19NO3S. The van der Waals surface area contributed by atoms with Crippen molar-refractivity contribution in [2.24, 2.45) is 5.14 Å². The first-order valence-corrected chi connectivity index (χ1v) is 8.30. The van der Waals surface area contributed by atoms with E-state index >= 15 is 0 Å². The summed E-state index contributed by atoms with van der Waals surface area (Å²) in [6.45, 7) is 6.27. The number of hydrogen-bond donors (Lipinski definition) is 1. The molecule has 2 aromatic rings. The Kier molecular flexibility index (Phi) is 4.68. The van der Waals surface area contributed by atoms with Crippen molar-refractivity contribution in [2.45, 2.75) is 20.8 Å². The van der Waals surface area contributed by atoms with Gasteiger partial charge in [0.15, 0.2) is 0 Å². The van der Waals surface area contributed by atoms with E-state index in [2.05, 4.69) is 37.1 Å². The third-order valence-corrected chi connectivity index (χ3v) is 3.91. The summed E-state index contributed by atoms with van der Waals surface area (Å²) in [6, 6.07) is 11.0. The summed E-state index contributed by atoms with van der Waals surface area (Å²) in [7, 11) is -4.00. The second-order valence-electron chi connectivity index (χ2n) is 5.26. The normalized spacial score (nSPS) is 11.8. The fraction of sp³-hybridized carbons (Fsp3) is 0.176. The highest BCUT2D eigenvalue weighted by atomic mass is 32.2. The molecule has 0 aliphatic rings. The van der Waals surface area contributed by atoms with Crippen LogP contribution >= 0.6 is 0 Å². The lowest BCUT2D eigenvalue weighted by atomic mass is 10.00. The van der Waals surface area contributed by atoms with E-state index in [-0.39, 0.29) is 5.75 Å². The van der Waals surface area contributed by atoms with Crippen molar-refractivity contribution >= 4 is 22.5 Å². The van der Waals surface area contributed by atoms with Gasteiger partial charge in [-0.3, -0.25) is 0 Å². The lowest BCUT2D eigenvalue weighted by molar-refractivity contribution is 0.487. The van der Waals surface area contributed by atoms with Crippen LogP contribution in [0.5, 0.6) is 5.75 Å². The predicted molar refractivity (Wildman–Crippen MR) is 89.8 cm³/mol. The standard InChI is InChI=1S/C17H19NO3S/c1-12-9-16(10-13(2)14(12)3)8-7-15-5-4-6-17(11-15)21-22(18,19)20/h4-11H,1-3H3,(H2,18,19,20)/b8-7+. The largest absolute Gasteiger partial charge is 0.380 e. The highest BCUT2D eigenvalue weighted by Gasteiger charge is 2.04. The van der Waals surface area contributed by atoms with Gasteiger partial charge in [0.2, 0.25) is 0 Å². The Labute approximate surface area is 131 Å². The average Bonchev–Trinajstić information content (AvgIpc) is 2.41. The Morgan fingerprint density at radius 2 is 1.55 bits per heavy atom. The first-order valence-electron chi connectivity index (χ1n) is 6.83. The molecule has 0 aliphatic heterocycles. The van der Waals surface area contributed by atoms with Crippen LogP contribution in [0.3, 0.4) is 0 Å². The third-order valence-electron chi connectivity index (χ3n) is 3.49. The summed E-state index contributed by atoms with van der Waals surface area (Å²) in [4.78, 5) is 0. The van der Waals surface area contributed by atoms with Crippen molar-refractivity contribution in [2.75, 3.05) is 0 Å². The van der Waals surface area contributed by atoms with E-state index in [1.165, 1.54) is 16.7 Å². The molecule has 0 atom stereocenters. The van der Waals surface area contributed by atoms with Gasteiger partial charge in [-0.2, -0.15) is 13.6 Å². The number of nitrogens with two attached hydrogens (primary N) is 1. The van der Waals surface area contributed by atoms with Crippen LogP contribution in [0.1, 0.15) is 27.8 Å². The predicted octanol–water partition coefficient (Wildman–Crippen LogP) is 3.36. The van der Waals surface area contributed by atoms with Crippen LogP contribution < -0.4 is 9.32 Å². The number of rotatable bonds is 4. The van der Waals surface area contributed by atoms with Gasteiger partial charge in [-0.25, -0.2) is 0 Å². The van der Waals surface area contributed by atoms with Gasteiger partial charge < -0.3 is 4.18 Å². The Morgan fingerprint density at radius 1 is 0.955 bits per heavy atom. The highest BCUT2D eigenvalue weighted by molar-refractivity contribution is 7.84. The molecule has 2 N–H and O–H groups in total. The molecule has 4 nitrogen and oxygen atoms in total. The SMILES string of the molecule is Cc1cc(/C=C/c2cccc(OS(N)(=O)=O)c2)cc(C)c1C. The van der Waals surface area contributed by atoms with E-state index in [9.17, 15) is 8.42 Å². The Bertz CT molecular complexity index is 801. The summed E-state index contributed by atoms with van der Waals surface area (Å²) < 4.78 is 26.5. The maximum atomic E-state index is 10.9. The molecule has 0 bridgehead atoms. The molecule has 0 unspecified atom stereocenters. The van der Waals surface area contributed by atoms with Gasteiger partial charge in [-0.05, 0) is 60.7 Å². The van der Waals surface area contributed by atoms with Crippen molar-refractivity contribution in [1.82, 2.24) is 0 Å². The van der Waals surface area contributed by atoms with Crippen LogP contribution in [0, 0.1) is 20.8 Å². The van der Waals surface area contributed by atoms with Crippen LogP contribution in [0.25, 0.3) is 12.2 Å². The molecule has 0 radical (unpaired) electrons. The highest BCUT2D eigenvalue weighted by Crippen LogP contribution is 2.19. The second-order valence-corrected chi connectivity index (χ2v) is 6.41. The van der Waals surface area contributed by atoms with Crippen molar-refractivity contribution in [3.63, 3.8) is 0 Å². The quantitative estimate of drug-likeness (QED) is 0.879. The van der Waals surface area contributed by atoms with Gasteiger partial charge in [-0.1, -0.05) is 36.4 Å². The molecule has 2 rings (SSSR count). The minimum atomic E-state index is -4.00. The molecule has 0 saturated heterocycles. The number of aryl methyl sites for hydroxylation is 2. The zero-order valence-corrected chi connectivity index (χ0v) is 13.6. The number of benzene rings is 2. The molecular weight excluding hydrogens is 298 g/mol. The molecule has 0 saturated carbocycles.